The van der Waals surface area contributed by atoms with Gasteiger partial charge >= 0.3 is 0 Å². The van der Waals surface area contributed by atoms with Gasteiger partial charge in [-0.3, -0.25) is 0 Å². The minimum Gasteiger partial charge on any atom is -0.207 e. The van der Waals surface area contributed by atoms with E-state index in [1.54, 1.807) is 6.92 Å². The minimum atomic E-state index is -0.775. The molecule has 1 aromatic carbocycles. The molecule has 2 aromatic rings. The highest BCUT2D eigenvalue weighted by atomic mass is 79.9. The van der Waals surface area contributed by atoms with Gasteiger partial charge in [0.15, 0.2) is 11.6 Å². The second-order valence-corrected chi connectivity index (χ2v) is 4.79. The maximum Gasteiger partial charge on any atom is 0.174 e. The summed E-state index contributed by atoms with van der Waals surface area (Å²) < 4.78 is 28.0. The van der Waals surface area contributed by atoms with Crippen molar-refractivity contribution < 1.29 is 8.78 Å². The number of hydrogen-bond acceptors (Lipinski definition) is 3. The largest absolute Gasteiger partial charge is 0.207 e. The topological polar surface area (TPSA) is 43.6 Å². The van der Waals surface area contributed by atoms with E-state index in [9.17, 15) is 8.78 Å². The Morgan fingerprint density at radius 1 is 1.41 bits per heavy atom. The van der Waals surface area contributed by atoms with Gasteiger partial charge in [-0.2, -0.15) is 4.68 Å². The summed E-state index contributed by atoms with van der Waals surface area (Å²) in [7, 11) is 0. The van der Waals surface area contributed by atoms with E-state index in [2.05, 4.69) is 31.5 Å². The molecule has 0 aliphatic heterocycles. The van der Waals surface area contributed by atoms with E-state index in [-0.39, 0.29) is 16.0 Å². The summed E-state index contributed by atoms with van der Waals surface area (Å²) >= 11 is 8.92. The molecule has 4 nitrogen and oxygen atoms in total. The lowest BCUT2D eigenvalue weighted by Gasteiger charge is -2.09. The van der Waals surface area contributed by atoms with Gasteiger partial charge in [-0.1, -0.05) is 0 Å². The zero-order chi connectivity index (χ0) is 12.6. The van der Waals surface area contributed by atoms with Crippen LogP contribution in [-0.2, 0) is 0 Å². The van der Waals surface area contributed by atoms with Crippen LogP contribution in [0.3, 0.4) is 0 Å². The van der Waals surface area contributed by atoms with Crippen molar-refractivity contribution in [2.45, 2.75) is 12.3 Å². The second kappa shape index (κ2) is 4.66. The van der Waals surface area contributed by atoms with Crippen LogP contribution >= 0.6 is 27.5 Å². The van der Waals surface area contributed by atoms with Gasteiger partial charge in [-0.15, -0.1) is 16.7 Å². The molecule has 1 aromatic heterocycles. The number of rotatable bonds is 2. The first-order valence-electron chi connectivity index (χ1n) is 4.58. The molecule has 2 rings (SSSR count). The third-order valence-corrected chi connectivity index (χ3v) is 2.84. The maximum atomic E-state index is 13.7. The lowest BCUT2D eigenvalue weighted by molar-refractivity contribution is 0.567. The van der Waals surface area contributed by atoms with E-state index in [1.165, 1.54) is 0 Å². The van der Waals surface area contributed by atoms with Crippen LogP contribution in [0.2, 0.25) is 0 Å². The van der Waals surface area contributed by atoms with Gasteiger partial charge in [0.1, 0.15) is 11.5 Å². The number of tetrazole rings is 1. The monoisotopic (exact) mass is 322 g/mol. The van der Waals surface area contributed by atoms with Crippen LogP contribution in [0.4, 0.5) is 8.78 Å². The fourth-order valence-corrected chi connectivity index (χ4v) is 2.05. The lowest BCUT2D eigenvalue weighted by atomic mass is 10.3. The molecule has 17 heavy (non-hydrogen) atoms. The first kappa shape index (κ1) is 12.4. The number of alkyl halides is 1. The van der Waals surface area contributed by atoms with Crippen LogP contribution in [0.25, 0.3) is 5.69 Å². The number of nitrogens with zero attached hydrogens (tertiary/aromatic N) is 4. The molecule has 0 bridgehead atoms. The molecule has 0 aliphatic rings. The fourth-order valence-electron chi connectivity index (χ4n) is 1.34. The molecule has 1 atom stereocenters. The molecule has 0 N–H and O–H groups in total. The predicted octanol–water partition coefficient (Wildman–Crippen LogP) is 3.00. The highest BCUT2D eigenvalue weighted by molar-refractivity contribution is 9.10. The molecule has 0 amide bonds. The van der Waals surface area contributed by atoms with Crippen molar-refractivity contribution in [3.05, 3.63) is 34.1 Å². The summed E-state index contributed by atoms with van der Waals surface area (Å²) in [6, 6.07) is 1.88. The van der Waals surface area contributed by atoms with Gasteiger partial charge in [0.25, 0.3) is 0 Å². The van der Waals surface area contributed by atoms with E-state index in [0.29, 0.717) is 0 Å². The Balaban J connectivity index is 2.64. The van der Waals surface area contributed by atoms with Crippen molar-refractivity contribution in [2.24, 2.45) is 0 Å². The van der Waals surface area contributed by atoms with Gasteiger partial charge in [0, 0.05) is 10.5 Å². The maximum absolute atomic E-state index is 13.7. The molecule has 0 radical (unpaired) electrons. The Labute approximate surface area is 109 Å². The predicted molar refractivity (Wildman–Crippen MR) is 61.0 cm³/mol. The SMILES string of the molecule is CC(Cl)c1nnnn1-c1c(F)cc(F)cc1Br. The lowest BCUT2D eigenvalue weighted by Crippen LogP contribution is -2.07. The Hall–Kier alpha value is -1.08. The third kappa shape index (κ3) is 2.30. The highest BCUT2D eigenvalue weighted by Gasteiger charge is 2.19. The standard InChI is InChI=1S/C9H6BrClF2N4/c1-4(11)9-14-15-16-17(9)8-6(10)2-5(12)3-7(8)13/h2-4H,1H3. The minimum absolute atomic E-state index is 0.0268. The number of aromatic nitrogens is 4. The quantitative estimate of drug-likeness (QED) is 0.798. The van der Waals surface area contributed by atoms with Crippen molar-refractivity contribution >= 4 is 27.5 Å². The smallest absolute Gasteiger partial charge is 0.174 e. The molecule has 0 spiro atoms. The molecule has 1 heterocycles. The van der Waals surface area contributed by atoms with Crippen LogP contribution in [0.15, 0.2) is 16.6 Å². The Bertz CT molecular complexity index is 535. The average molecular weight is 324 g/mol. The average Bonchev–Trinajstić information content (AvgIpc) is 2.64. The molecule has 0 saturated heterocycles. The van der Waals surface area contributed by atoms with Crippen LogP contribution in [0, 0.1) is 11.6 Å². The Morgan fingerprint density at radius 2 is 2.12 bits per heavy atom. The van der Waals surface area contributed by atoms with Crippen LogP contribution in [0.1, 0.15) is 18.1 Å². The Morgan fingerprint density at radius 3 is 2.71 bits per heavy atom. The summed E-state index contributed by atoms with van der Waals surface area (Å²) in [5.74, 6) is -1.19. The summed E-state index contributed by atoms with van der Waals surface area (Å²) in [5.41, 5.74) is 0.0268. The van der Waals surface area contributed by atoms with E-state index < -0.39 is 17.0 Å². The fraction of sp³-hybridized carbons (Fsp3) is 0.222. The molecule has 1 unspecified atom stereocenters. The Kier molecular flexibility index (Phi) is 3.39. The van der Waals surface area contributed by atoms with Gasteiger partial charge in [-0.05, 0) is 39.3 Å². The van der Waals surface area contributed by atoms with Crippen molar-refractivity contribution in [2.75, 3.05) is 0 Å². The summed E-state index contributed by atoms with van der Waals surface area (Å²) in [4.78, 5) is 0. The number of halogens is 4. The number of hydrogen-bond donors (Lipinski definition) is 0. The molecule has 8 heteroatoms. The van der Waals surface area contributed by atoms with E-state index in [4.69, 9.17) is 11.6 Å². The summed E-state index contributed by atoms with van der Waals surface area (Å²) in [6.07, 6.45) is 0. The zero-order valence-corrected chi connectivity index (χ0v) is 10.9. The van der Waals surface area contributed by atoms with E-state index >= 15 is 0 Å². The molecule has 0 fully saturated rings. The van der Waals surface area contributed by atoms with Crippen LogP contribution < -0.4 is 0 Å². The van der Waals surface area contributed by atoms with Crippen molar-refractivity contribution in [1.82, 2.24) is 20.2 Å². The zero-order valence-electron chi connectivity index (χ0n) is 8.53. The highest BCUT2D eigenvalue weighted by Crippen LogP contribution is 2.27. The first-order chi connectivity index (χ1) is 8.00. The van der Waals surface area contributed by atoms with Crippen LogP contribution in [-0.4, -0.2) is 20.2 Å². The molecular weight excluding hydrogens is 317 g/mol. The van der Waals surface area contributed by atoms with Crippen molar-refractivity contribution in [3.63, 3.8) is 0 Å². The third-order valence-electron chi connectivity index (χ3n) is 2.04. The molecule has 0 aliphatic carbocycles. The molecule has 0 saturated carbocycles. The second-order valence-electron chi connectivity index (χ2n) is 3.28. The van der Waals surface area contributed by atoms with Gasteiger partial charge in [0.05, 0.1) is 5.38 Å². The normalized spacial score (nSPS) is 12.8. The summed E-state index contributed by atoms with van der Waals surface area (Å²) in [5, 5.41) is 10.2. The number of benzene rings is 1. The van der Waals surface area contributed by atoms with E-state index in [0.717, 1.165) is 16.8 Å². The van der Waals surface area contributed by atoms with Gasteiger partial charge in [0.2, 0.25) is 0 Å². The van der Waals surface area contributed by atoms with Crippen LogP contribution in [0.5, 0.6) is 0 Å². The van der Waals surface area contributed by atoms with Gasteiger partial charge < -0.3 is 0 Å². The van der Waals surface area contributed by atoms with E-state index in [1.807, 2.05) is 0 Å². The molecular formula is C9H6BrClF2N4. The summed E-state index contributed by atoms with van der Waals surface area (Å²) in [6.45, 7) is 1.65. The molecule has 90 valence electrons. The van der Waals surface area contributed by atoms with Crippen molar-refractivity contribution in [1.29, 1.82) is 0 Å². The van der Waals surface area contributed by atoms with Crippen molar-refractivity contribution in [3.8, 4) is 5.69 Å². The van der Waals surface area contributed by atoms with Gasteiger partial charge in [-0.25, -0.2) is 8.78 Å². The first-order valence-corrected chi connectivity index (χ1v) is 5.81.